The maximum absolute atomic E-state index is 13.7. The van der Waals surface area contributed by atoms with Crippen LogP contribution in [0.15, 0.2) is 18.2 Å². The molecule has 0 bridgehead atoms. The first-order valence-electron chi connectivity index (χ1n) is 6.11. The highest BCUT2D eigenvalue weighted by Gasteiger charge is 2.17. The minimum atomic E-state index is -0.420. The summed E-state index contributed by atoms with van der Waals surface area (Å²) in [5.41, 5.74) is 7.30. The lowest BCUT2D eigenvalue weighted by atomic mass is 10.1. The highest BCUT2D eigenvalue weighted by Crippen LogP contribution is 2.30. The van der Waals surface area contributed by atoms with Gasteiger partial charge in [-0.2, -0.15) is 0 Å². The fraction of sp³-hybridized carbons (Fsp3) is 0.357. The number of rotatable bonds is 3. The molecule has 4 nitrogen and oxygen atoms in total. The van der Waals surface area contributed by atoms with E-state index >= 15 is 0 Å². The highest BCUT2D eigenvalue weighted by atomic mass is 19.1. The Balaban J connectivity index is 2.53. The second kappa shape index (κ2) is 4.91. The molecule has 0 aliphatic rings. The molecule has 0 radical (unpaired) electrons. The first-order chi connectivity index (χ1) is 8.95. The van der Waals surface area contributed by atoms with Crippen molar-refractivity contribution in [3.63, 3.8) is 0 Å². The van der Waals surface area contributed by atoms with E-state index in [1.54, 1.807) is 12.1 Å². The van der Waals surface area contributed by atoms with Gasteiger partial charge in [0.15, 0.2) is 11.6 Å². The number of halogens is 1. The van der Waals surface area contributed by atoms with Gasteiger partial charge < -0.3 is 15.0 Å². The van der Waals surface area contributed by atoms with Crippen molar-refractivity contribution >= 4 is 5.82 Å². The van der Waals surface area contributed by atoms with Crippen LogP contribution in [0, 0.1) is 5.82 Å². The molecular formula is C14H18FN3O. The molecule has 5 heteroatoms. The third-order valence-corrected chi connectivity index (χ3v) is 3.12. The molecule has 2 N–H and O–H groups in total. The molecule has 0 atom stereocenters. The Morgan fingerprint density at radius 1 is 1.37 bits per heavy atom. The second-order valence-corrected chi connectivity index (χ2v) is 4.77. The molecular weight excluding hydrogens is 245 g/mol. The normalized spacial score (nSPS) is 11.1. The Bertz CT molecular complexity index is 605. The van der Waals surface area contributed by atoms with Gasteiger partial charge in [0.25, 0.3) is 0 Å². The van der Waals surface area contributed by atoms with Gasteiger partial charge in [0.1, 0.15) is 17.3 Å². The highest BCUT2D eigenvalue weighted by molar-refractivity contribution is 5.71. The number of imidazole rings is 1. The fourth-order valence-electron chi connectivity index (χ4n) is 2.07. The third-order valence-electron chi connectivity index (χ3n) is 3.12. The summed E-state index contributed by atoms with van der Waals surface area (Å²) >= 11 is 0. The van der Waals surface area contributed by atoms with E-state index in [0.717, 1.165) is 5.82 Å². The molecule has 0 amide bonds. The number of nitrogens with two attached hydrogens (primary N) is 1. The lowest BCUT2D eigenvalue weighted by Crippen LogP contribution is -2.02. The molecule has 1 heterocycles. The first kappa shape index (κ1) is 13.4. The summed E-state index contributed by atoms with van der Waals surface area (Å²) in [5, 5.41) is 0. The monoisotopic (exact) mass is 263 g/mol. The van der Waals surface area contributed by atoms with Crippen LogP contribution in [-0.4, -0.2) is 16.7 Å². The van der Waals surface area contributed by atoms with E-state index in [4.69, 9.17) is 10.5 Å². The van der Waals surface area contributed by atoms with Gasteiger partial charge in [0.2, 0.25) is 0 Å². The van der Waals surface area contributed by atoms with E-state index in [-0.39, 0.29) is 11.7 Å². The summed E-state index contributed by atoms with van der Waals surface area (Å²) in [5.74, 6) is 1.46. The minimum Gasteiger partial charge on any atom is -0.494 e. The van der Waals surface area contributed by atoms with Crippen LogP contribution in [0.4, 0.5) is 10.2 Å². The average Bonchev–Trinajstić information content (AvgIpc) is 2.66. The molecule has 0 fully saturated rings. The molecule has 2 rings (SSSR count). The van der Waals surface area contributed by atoms with Crippen LogP contribution < -0.4 is 10.5 Å². The van der Waals surface area contributed by atoms with E-state index in [1.165, 1.54) is 13.2 Å². The maximum Gasteiger partial charge on any atom is 0.165 e. The molecule has 0 aliphatic heterocycles. The third kappa shape index (κ3) is 2.28. The molecule has 0 saturated carbocycles. The van der Waals surface area contributed by atoms with Gasteiger partial charge in [-0.3, -0.25) is 0 Å². The zero-order chi connectivity index (χ0) is 14.2. The van der Waals surface area contributed by atoms with Crippen LogP contribution in [0.3, 0.4) is 0 Å². The van der Waals surface area contributed by atoms with E-state index in [1.807, 2.05) is 25.5 Å². The molecule has 2 aromatic rings. The van der Waals surface area contributed by atoms with Gasteiger partial charge in [-0.25, -0.2) is 9.37 Å². The molecule has 0 saturated heterocycles. The molecule has 1 aromatic carbocycles. The number of nitrogen functional groups attached to an aromatic ring is 1. The molecule has 102 valence electrons. The standard InChI is InChI=1S/C14H18FN3O/c1-8(2)14-17-12(13(16)18(14)3)9-5-6-11(19-4)10(15)7-9/h5-8H,16H2,1-4H3. The largest absolute Gasteiger partial charge is 0.494 e. The number of hydrogen-bond acceptors (Lipinski definition) is 3. The van der Waals surface area contributed by atoms with Crippen LogP contribution in [0.1, 0.15) is 25.6 Å². The van der Waals surface area contributed by atoms with Crippen LogP contribution in [0.25, 0.3) is 11.3 Å². The molecule has 0 spiro atoms. The summed E-state index contributed by atoms with van der Waals surface area (Å²) in [7, 11) is 3.30. The van der Waals surface area contributed by atoms with Crippen LogP contribution in [0.5, 0.6) is 5.75 Å². The Morgan fingerprint density at radius 3 is 2.53 bits per heavy atom. The smallest absolute Gasteiger partial charge is 0.165 e. The van der Waals surface area contributed by atoms with Crippen molar-refractivity contribution in [3.05, 3.63) is 29.8 Å². The molecule has 1 aromatic heterocycles. The van der Waals surface area contributed by atoms with E-state index < -0.39 is 5.82 Å². The van der Waals surface area contributed by atoms with Crippen LogP contribution in [-0.2, 0) is 7.05 Å². The van der Waals surface area contributed by atoms with E-state index in [9.17, 15) is 4.39 Å². The van der Waals surface area contributed by atoms with Gasteiger partial charge in [-0.15, -0.1) is 0 Å². The van der Waals surface area contributed by atoms with E-state index in [2.05, 4.69) is 4.98 Å². The number of hydrogen-bond donors (Lipinski definition) is 1. The number of methoxy groups -OCH3 is 1. The van der Waals surface area contributed by atoms with Crippen LogP contribution >= 0.6 is 0 Å². The Morgan fingerprint density at radius 2 is 2.05 bits per heavy atom. The summed E-state index contributed by atoms with van der Waals surface area (Å²) in [6.45, 7) is 4.08. The number of nitrogens with zero attached hydrogens (tertiary/aromatic N) is 2. The molecule has 19 heavy (non-hydrogen) atoms. The summed E-state index contributed by atoms with van der Waals surface area (Å²) in [6, 6.07) is 4.72. The zero-order valence-electron chi connectivity index (χ0n) is 11.6. The van der Waals surface area contributed by atoms with Crippen molar-refractivity contribution in [2.45, 2.75) is 19.8 Å². The van der Waals surface area contributed by atoms with Gasteiger partial charge in [0, 0.05) is 18.5 Å². The first-order valence-corrected chi connectivity index (χ1v) is 6.11. The van der Waals surface area contributed by atoms with Crippen molar-refractivity contribution in [3.8, 4) is 17.0 Å². The number of anilines is 1. The van der Waals surface area contributed by atoms with Crippen molar-refractivity contribution in [2.24, 2.45) is 7.05 Å². The lowest BCUT2D eigenvalue weighted by molar-refractivity contribution is 0.386. The van der Waals surface area contributed by atoms with Crippen molar-refractivity contribution in [2.75, 3.05) is 12.8 Å². The van der Waals surface area contributed by atoms with Crippen LogP contribution in [0.2, 0.25) is 0 Å². The second-order valence-electron chi connectivity index (χ2n) is 4.77. The summed E-state index contributed by atoms with van der Waals surface area (Å²) in [6.07, 6.45) is 0. The summed E-state index contributed by atoms with van der Waals surface area (Å²) < 4.78 is 20.5. The Labute approximate surface area is 112 Å². The van der Waals surface area contributed by atoms with Crippen molar-refractivity contribution < 1.29 is 9.13 Å². The quantitative estimate of drug-likeness (QED) is 0.926. The lowest BCUT2D eigenvalue weighted by Gasteiger charge is -2.05. The SMILES string of the molecule is COc1ccc(-c2nc(C(C)C)n(C)c2N)cc1F. The predicted molar refractivity (Wildman–Crippen MR) is 73.7 cm³/mol. The van der Waals surface area contributed by atoms with Crippen molar-refractivity contribution in [1.82, 2.24) is 9.55 Å². The Hall–Kier alpha value is -2.04. The molecule has 0 aliphatic carbocycles. The number of aromatic nitrogens is 2. The van der Waals surface area contributed by atoms with Crippen molar-refractivity contribution in [1.29, 1.82) is 0 Å². The van der Waals surface area contributed by atoms with E-state index in [0.29, 0.717) is 17.1 Å². The molecule has 0 unspecified atom stereocenters. The van der Waals surface area contributed by atoms with Gasteiger partial charge in [-0.05, 0) is 18.2 Å². The van der Waals surface area contributed by atoms with Gasteiger partial charge in [0.05, 0.1) is 7.11 Å². The Kier molecular flexibility index (Phi) is 3.46. The average molecular weight is 263 g/mol. The van der Waals surface area contributed by atoms with Gasteiger partial charge >= 0.3 is 0 Å². The maximum atomic E-state index is 13.7. The number of benzene rings is 1. The minimum absolute atomic E-state index is 0.210. The summed E-state index contributed by atoms with van der Waals surface area (Å²) in [4.78, 5) is 4.51. The number of ether oxygens (including phenoxy) is 1. The zero-order valence-corrected chi connectivity index (χ0v) is 11.6. The predicted octanol–water partition coefficient (Wildman–Crippen LogP) is 2.94. The van der Waals surface area contributed by atoms with Gasteiger partial charge in [-0.1, -0.05) is 13.8 Å². The topological polar surface area (TPSA) is 53.1 Å². The fourth-order valence-corrected chi connectivity index (χ4v) is 2.07.